The van der Waals surface area contributed by atoms with Crippen molar-refractivity contribution in [1.82, 2.24) is 10.3 Å². The van der Waals surface area contributed by atoms with Gasteiger partial charge < -0.3 is 20.2 Å². The maximum Gasteiger partial charge on any atom is 0.224 e. The van der Waals surface area contributed by atoms with Crippen LogP contribution in [0.4, 0.5) is 5.69 Å². The summed E-state index contributed by atoms with van der Waals surface area (Å²) in [7, 11) is 0. The molecule has 1 aromatic heterocycles. The van der Waals surface area contributed by atoms with E-state index in [1.54, 1.807) is 30.5 Å². The van der Waals surface area contributed by atoms with Gasteiger partial charge in [-0.2, -0.15) is 0 Å². The van der Waals surface area contributed by atoms with Crippen LogP contribution in [0.2, 0.25) is 0 Å². The van der Waals surface area contributed by atoms with Gasteiger partial charge in [-0.25, -0.2) is 4.98 Å². The van der Waals surface area contributed by atoms with Gasteiger partial charge in [0.1, 0.15) is 17.6 Å². The molecule has 1 atom stereocenters. The number of ether oxygens (including phenoxy) is 1. The van der Waals surface area contributed by atoms with E-state index in [1.807, 2.05) is 13.8 Å². The number of oxazole rings is 1. The van der Waals surface area contributed by atoms with Gasteiger partial charge in [-0.05, 0) is 38.1 Å². The second-order valence-corrected chi connectivity index (χ2v) is 4.77. The monoisotopic (exact) mass is 289 g/mol. The molecule has 0 saturated carbocycles. The second kappa shape index (κ2) is 6.78. The third kappa shape index (κ3) is 4.52. The van der Waals surface area contributed by atoms with Crippen LogP contribution in [0.25, 0.3) is 0 Å². The van der Waals surface area contributed by atoms with Crippen molar-refractivity contribution < 1.29 is 13.9 Å². The second-order valence-electron chi connectivity index (χ2n) is 4.77. The van der Waals surface area contributed by atoms with E-state index in [9.17, 15) is 4.79 Å². The van der Waals surface area contributed by atoms with Gasteiger partial charge in [0, 0.05) is 5.69 Å². The number of nitrogen functional groups attached to an aromatic ring is 1. The highest BCUT2D eigenvalue weighted by atomic mass is 16.5. The normalized spacial score (nSPS) is 11.9. The third-order valence-corrected chi connectivity index (χ3v) is 2.87. The number of nitrogens with zero attached hydrogens (tertiary/aromatic N) is 1. The molecule has 112 valence electrons. The molecule has 1 heterocycles. The molecule has 0 aliphatic carbocycles. The standard InChI is InChI=1S/C15H19N3O3/c1-10-9-17-15(21-10)11(2)18-14(19)7-8-20-13-5-3-12(16)4-6-13/h3-6,9,11H,7-8,16H2,1-2H3,(H,18,19). The molecule has 2 rings (SSSR count). The molecule has 1 unspecified atom stereocenters. The Hall–Kier alpha value is -2.50. The van der Waals surface area contributed by atoms with Gasteiger partial charge >= 0.3 is 0 Å². The first-order chi connectivity index (χ1) is 10.0. The Balaban J connectivity index is 1.73. The first-order valence-electron chi connectivity index (χ1n) is 6.74. The lowest BCUT2D eigenvalue weighted by molar-refractivity contribution is -0.122. The Kier molecular flexibility index (Phi) is 4.81. The average Bonchev–Trinajstić information content (AvgIpc) is 2.88. The van der Waals surface area contributed by atoms with Crippen LogP contribution in [0.1, 0.15) is 31.0 Å². The molecule has 0 aliphatic rings. The van der Waals surface area contributed by atoms with Crippen LogP contribution in [-0.4, -0.2) is 17.5 Å². The van der Waals surface area contributed by atoms with Crippen molar-refractivity contribution >= 4 is 11.6 Å². The number of rotatable bonds is 6. The molecule has 0 fully saturated rings. The van der Waals surface area contributed by atoms with E-state index in [2.05, 4.69) is 10.3 Å². The average molecular weight is 289 g/mol. The maximum absolute atomic E-state index is 11.8. The number of aryl methyl sites for hydroxylation is 1. The van der Waals surface area contributed by atoms with Gasteiger partial charge in [0.25, 0.3) is 0 Å². The van der Waals surface area contributed by atoms with Crippen LogP contribution in [0, 0.1) is 6.92 Å². The summed E-state index contributed by atoms with van der Waals surface area (Å²) in [6.07, 6.45) is 1.89. The Morgan fingerprint density at radius 1 is 1.43 bits per heavy atom. The highest BCUT2D eigenvalue weighted by Gasteiger charge is 2.14. The number of anilines is 1. The number of nitrogens with two attached hydrogens (primary N) is 1. The number of carbonyl (C=O) groups is 1. The SMILES string of the molecule is Cc1cnc(C(C)NC(=O)CCOc2ccc(N)cc2)o1. The third-order valence-electron chi connectivity index (χ3n) is 2.87. The molecule has 0 spiro atoms. The minimum absolute atomic E-state index is 0.117. The zero-order valence-corrected chi connectivity index (χ0v) is 12.1. The summed E-state index contributed by atoms with van der Waals surface area (Å²) in [6, 6.07) is 6.78. The summed E-state index contributed by atoms with van der Waals surface area (Å²) >= 11 is 0. The van der Waals surface area contributed by atoms with Crippen molar-refractivity contribution in [2.24, 2.45) is 0 Å². The number of carbonyl (C=O) groups excluding carboxylic acids is 1. The molecule has 1 amide bonds. The van der Waals surface area contributed by atoms with Gasteiger partial charge in [0.05, 0.1) is 19.2 Å². The van der Waals surface area contributed by atoms with Crippen molar-refractivity contribution in [2.45, 2.75) is 26.3 Å². The fourth-order valence-corrected chi connectivity index (χ4v) is 1.77. The topological polar surface area (TPSA) is 90.4 Å². The smallest absolute Gasteiger partial charge is 0.224 e. The molecular formula is C15H19N3O3. The quantitative estimate of drug-likeness (QED) is 0.796. The molecule has 0 aliphatic heterocycles. The summed E-state index contributed by atoms with van der Waals surface area (Å²) < 4.78 is 10.8. The van der Waals surface area contributed by atoms with Crippen molar-refractivity contribution in [1.29, 1.82) is 0 Å². The van der Waals surface area contributed by atoms with Crippen LogP contribution in [-0.2, 0) is 4.79 Å². The minimum atomic E-state index is -0.261. The van der Waals surface area contributed by atoms with E-state index in [0.29, 0.717) is 23.9 Å². The molecule has 1 aromatic carbocycles. The zero-order chi connectivity index (χ0) is 15.2. The number of hydrogen-bond donors (Lipinski definition) is 2. The van der Waals surface area contributed by atoms with Crippen molar-refractivity contribution in [3.05, 3.63) is 42.1 Å². The molecular weight excluding hydrogens is 270 g/mol. The summed E-state index contributed by atoms with van der Waals surface area (Å²) in [6.45, 7) is 3.93. The summed E-state index contributed by atoms with van der Waals surface area (Å²) in [5, 5.41) is 2.81. The van der Waals surface area contributed by atoms with E-state index in [-0.39, 0.29) is 18.4 Å². The lowest BCUT2D eigenvalue weighted by Gasteiger charge is -2.11. The number of aromatic nitrogens is 1. The van der Waals surface area contributed by atoms with Gasteiger partial charge in [-0.1, -0.05) is 0 Å². The van der Waals surface area contributed by atoms with Crippen LogP contribution < -0.4 is 15.8 Å². The van der Waals surface area contributed by atoms with Gasteiger partial charge in [0.15, 0.2) is 0 Å². The summed E-state index contributed by atoms with van der Waals surface area (Å²) in [5.41, 5.74) is 6.26. The largest absolute Gasteiger partial charge is 0.493 e. The lowest BCUT2D eigenvalue weighted by atomic mass is 10.3. The fraction of sp³-hybridized carbons (Fsp3) is 0.333. The van der Waals surface area contributed by atoms with Gasteiger partial charge in [-0.15, -0.1) is 0 Å². The highest BCUT2D eigenvalue weighted by molar-refractivity contribution is 5.76. The molecule has 3 N–H and O–H groups in total. The number of benzene rings is 1. The van der Waals surface area contributed by atoms with Gasteiger partial charge in [-0.3, -0.25) is 4.79 Å². The number of nitrogens with one attached hydrogen (secondary N) is 1. The molecule has 2 aromatic rings. The first kappa shape index (κ1) is 14.9. The van der Waals surface area contributed by atoms with E-state index in [0.717, 1.165) is 5.76 Å². The summed E-state index contributed by atoms with van der Waals surface area (Å²) in [5.74, 6) is 1.79. The summed E-state index contributed by atoms with van der Waals surface area (Å²) in [4.78, 5) is 15.9. The van der Waals surface area contributed by atoms with Crippen molar-refractivity contribution in [3.8, 4) is 5.75 Å². The highest BCUT2D eigenvalue weighted by Crippen LogP contribution is 2.14. The molecule has 6 nitrogen and oxygen atoms in total. The molecule has 0 radical (unpaired) electrons. The van der Waals surface area contributed by atoms with Crippen LogP contribution in [0.5, 0.6) is 5.75 Å². The van der Waals surface area contributed by atoms with Crippen LogP contribution in [0.15, 0.2) is 34.9 Å². The maximum atomic E-state index is 11.8. The Morgan fingerprint density at radius 2 is 2.14 bits per heavy atom. The Bertz CT molecular complexity index is 592. The molecule has 6 heteroatoms. The number of hydrogen-bond acceptors (Lipinski definition) is 5. The fourth-order valence-electron chi connectivity index (χ4n) is 1.77. The minimum Gasteiger partial charge on any atom is -0.493 e. The van der Waals surface area contributed by atoms with Crippen molar-refractivity contribution in [3.63, 3.8) is 0 Å². The first-order valence-corrected chi connectivity index (χ1v) is 6.74. The molecule has 0 bridgehead atoms. The Morgan fingerprint density at radius 3 is 2.76 bits per heavy atom. The zero-order valence-electron chi connectivity index (χ0n) is 12.1. The van der Waals surface area contributed by atoms with E-state index in [4.69, 9.17) is 14.9 Å². The van der Waals surface area contributed by atoms with E-state index in [1.165, 1.54) is 0 Å². The number of amides is 1. The van der Waals surface area contributed by atoms with Crippen molar-refractivity contribution in [2.75, 3.05) is 12.3 Å². The Labute approximate surface area is 123 Å². The lowest BCUT2D eigenvalue weighted by Crippen LogP contribution is -2.28. The van der Waals surface area contributed by atoms with Crippen LogP contribution >= 0.6 is 0 Å². The molecule has 21 heavy (non-hydrogen) atoms. The van der Waals surface area contributed by atoms with Gasteiger partial charge in [0.2, 0.25) is 11.8 Å². The molecule has 0 saturated heterocycles. The van der Waals surface area contributed by atoms with E-state index >= 15 is 0 Å². The predicted molar refractivity (Wildman–Crippen MR) is 78.8 cm³/mol. The van der Waals surface area contributed by atoms with E-state index < -0.39 is 0 Å². The predicted octanol–water partition coefficient (Wildman–Crippen LogP) is 2.21. The van der Waals surface area contributed by atoms with Crippen LogP contribution in [0.3, 0.4) is 0 Å².